The Kier molecular flexibility index (Phi) is 9.62. The van der Waals surface area contributed by atoms with Crippen molar-refractivity contribution in [1.29, 1.82) is 0 Å². The van der Waals surface area contributed by atoms with Gasteiger partial charge in [-0.25, -0.2) is 15.0 Å². The van der Waals surface area contributed by atoms with Gasteiger partial charge in [0.15, 0.2) is 17.5 Å². The molecule has 0 saturated heterocycles. The fourth-order valence-electron chi connectivity index (χ4n) is 9.69. The number of rotatable bonds is 8. The highest BCUT2D eigenvalue weighted by Gasteiger charge is 2.22. The van der Waals surface area contributed by atoms with Gasteiger partial charge in [0.1, 0.15) is 0 Å². The molecule has 9 aromatic carbocycles. The highest BCUT2D eigenvalue weighted by atomic mass is 32.1. The van der Waals surface area contributed by atoms with Crippen LogP contribution < -0.4 is 0 Å². The average Bonchev–Trinajstić information content (AvgIpc) is 3.96. The third-order valence-electron chi connectivity index (χ3n) is 12.9. The molecule has 0 aliphatic heterocycles. The Labute approximate surface area is 397 Å². The van der Waals surface area contributed by atoms with Crippen LogP contribution >= 0.6 is 11.3 Å². The van der Waals surface area contributed by atoms with Crippen LogP contribution in [-0.2, 0) is 0 Å². The number of nitrogens with zero attached hydrogens (tertiary/aromatic N) is 5. The van der Waals surface area contributed by atoms with Crippen molar-refractivity contribution in [2.45, 2.75) is 0 Å². The number of hydrogen-bond donors (Lipinski definition) is 0. The van der Waals surface area contributed by atoms with Crippen LogP contribution in [0.4, 0.5) is 0 Å². The molecule has 0 amide bonds. The first kappa shape index (κ1) is 39.5. The topological polar surface area (TPSA) is 56.5 Å². The molecule has 0 aliphatic rings. The zero-order valence-electron chi connectivity index (χ0n) is 36.7. The summed E-state index contributed by atoms with van der Waals surface area (Å²) in [4.78, 5) is 21.1. The predicted molar refractivity (Wildman–Crippen MR) is 283 cm³/mol. The monoisotopic (exact) mass is 885 g/mol. The summed E-state index contributed by atoms with van der Waals surface area (Å²) in [6, 6.07) is 81.2. The normalized spacial score (nSPS) is 11.5. The Balaban J connectivity index is 1.06. The molecule has 68 heavy (non-hydrogen) atoms. The van der Waals surface area contributed by atoms with Gasteiger partial charge in [0, 0.05) is 70.6 Å². The number of pyridine rings is 1. The van der Waals surface area contributed by atoms with Crippen LogP contribution in [0.2, 0.25) is 0 Å². The van der Waals surface area contributed by atoms with E-state index in [0.29, 0.717) is 17.5 Å². The predicted octanol–water partition coefficient (Wildman–Crippen LogP) is 16.4. The summed E-state index contributed by atoms with van der Waals surface area (Å²) in [5, 5.41) is 4.85. The Morgan fingerprint density at radius 3 is 1.56 bits per heavy atom. The molecule has 13 rings (SSSR count). The van der Waals surface area contributed by atoms with E-state index >= 15 is 0 Å². The highest BCUT2D eigenvalue weighted by molar-refractivity contribution is 7.26. The van der Waals surface area contributed by atoms with Crippen molar-refractivity contribution >= 4 is 53.3 Å². The van der Waals surface area contributed by atoms with Crippen molar-refractivity contribution in [2.75, 3.05) is 0 Å². The molecule has 4 heterocycles. The lowest BCUT2D eigenvalue weighted by Gasteiger charge is -2.16. The molecule has 13 aromatic rings. The van der Waals surface area contributed by atoms with Crippen LogP contribution in [0.1, 0.15) is 0 Å². The van der Waals surface area contributed by atoms with Crippen molar-refractivity contribution in [3.8, 4) is 84.5 Å². The average molecular weight is 886 g/mol. The molecule has 5 nitrogen and oxygen atoms in total. The molecule has 0 N–H and O–H groups in total. The van der Waals surface area contributed by atoms with E-state index < -0.39 is 0 Å². The fourth-order valence-corrected chi connectivity index (χ4v) is 10.9. The summed E-state index contributed by atoms with van der Waals surface area (Å²) in [6.07, 6.45) is 2.01. The van der Waals surface area contributed by atoms with Crippen molar-refractivity contribution in [2.24, 2.45) is 0 Å². The van der Waals surface area contributed by atoms with Gasteiger partial charge in [-0.15, -0.1) is 11.3 Å². The molecule has 0 unspecified atom stereocenters. The molecular formula is C62H39N5S. The maximum Gasteiger partial charge on any atom is 0.166 e. The van der Waals surface area contributed by atoms with Gasteiger partial charge in [0.2, 0.25) is 0 Å². The van der Waals surface area contributed by atoms with Crippen LogP contribution in [0.25, 0.3) is 126 Å². The van der Waals surface area contributed by atoms with E-state index in [9.17, 15) is 0 Å². The van der Waals surface area contributed by atoms with E-state index in [4.69, 9.17) is 19.9 Å². The highest BCUT2D eigenvalue weighted by Crippen LogP contribution is 2.46. The lowest BCUT2D eigenvalue weighted by Crippen LogP contribution is -2.02. The number of benzene rings is 9. The Morgan fingerprint density at radius 1 is 0.324 bits per heavy atom. The lowest BCUT2D eigenvalue weighted by molar-refractivity contribution is 1.07. The quantitative estimate of drug-likeness (QED) is 0.153. The first-order chi connectivity index (χ1) is 33.7. The van der Waals surface area contributed by atoms with E-state index in [-0.39, 0.29) is 0 Å². The second-order valence-corrected chi connectivity index (χ2v) is 18.0. The third-order valence-corrected chi connectivity index (χ3v) is 14.1. The van der Waals surface area contributed by atoms with Crippen LogP contribution in [0.3, 0.4) is 0 Å². The van der Waals surface area contributed by atoms with Crippen molar-refractivity contribution < 1.29 is 0 Å². The summed E-state index contributed by atoms with van der Waals surface area (Å²) in [5.74, 6) is 1.75. The minimum atomic E-state index is 0.554. The van der Waals surface area contributed by atoms with Gasteiger partial charge in [-0.05, 0) is 70.3 Å². The summed E-state index contributed by atoms with van der Waals surface area (Å²) < 4.78 is 4.77. The van der Waals surface area contributed by atoms with Crippen LogP contribution in [-0.4, -0.2) is 24.5 Å². The minimum Gasteiger partial charge on any atom is -0.309 e. The van der Waals surface area contributed by atoms with Gasteiger partial charge < -0.3 is 4.57 Å². The Bertz CT molecular complexity index is 3940. The smallest absolute Gasteiger partial charge is 0.166 e. The first-order valence-corrected chi connectivity index (χ1v) is 23.6. The Morgan fingerprint density at radius 2 is 0.882 bits per heavy atom. The number of fused-ring (bicyclic) bond motifs is 6. The number of hydrogen-bond acceptors (Lipinski definition) is 5. The second-order valence-electron chi connectivity index (χ2n) is 17.0. The number of thiophene rings is 1. The first-order valence-electron chi connectivity index (χ1n) is 22.8. The molecule has 0 fully saturated rings. The van der Waals surface area contributed by atoms with Gasteiger partial charge in [0.25, 0.3) is 0 Å². The van der Waals surface area contributed by atoms with Crippen LogP contribution in [0.5, 0.6) is 0 Å². The van der Waals surface area contributed by atoms with Crippen LogP contribution in [0.15, 0.2) is 237 Å². The molecule has 0 saturated carbocycles. The molecule has 0 atom stereocenters. The van der Waals surface area contributed by atoms with E-state index in [1.165, 1.54) is 42.8 Å². The molecule has 318 valence electrons. The maximum atomic E-state index is 5.45. The summed E-state index contributed by atoms with van der Waals surface area (Å²) in [6.45, 7) is 0. The third kappa shape index (κ3) is 6.86. The standard InChI is InChI=1S/C62H39N5S/c1-6-19-40(20-7-1)47-34-33-44(35-51(47)41-21-8-2-9-22-41)45-36-54(62-65-60(42-23-10-3-11-24-42)64-61(66-62)43-25-12-4-13-26-43)58(63-39-45)50-31-18-30-49-53-37-56-52(38-57(53)68-59(49)50)48-29-16-17-32-55(48)67(56)46-27-14-5-15-28-46/h1-39H. The molecule has 0 spiro atoms. The summed E-state index contributed by atoms with van der Waals surface area (Å²) in [7, 11) is 0. The minimum absolute atomic E-state index is 0.554. The molecule has 6 heteroatoms. The fraction of sp³-hybridized carbons (Fsp3) is 0. The summed E-state index contributed by atoms with van der Waals surface area (Å²) in [5.41, 5.74) is 14.6. The van der Waals surface area contributed by atoms with Gasteiger partial charge >= 0.3 is 0 Å². The zero-order valence-corrected chi connectivity index (χ0v) is 37.5. The lowest BCUT2D eigenvalue weighted by atomic mass is 9.91. The van der Waals surface area contributed by atoms with E-state index in [2.05, 4.69) is 199 Å². The number of aromatic nitrogens is 5. The van der Waals surface area contributed by atoms with E-state index in [0.717, 1.165) is 66.2 Å². The van der Waals surface area contributed by atoms with Gasteiger partial charge in [-0.2, -0.15) is 0 Å². The SMILES string of the molecule is c1ccc(-c2nc(-c3ccccc3)nc(-c3cc(-c4ccc(-c5ccccc5)c(-c5ccccc5)c4)cnc3-c3cccc4c3sc3cc5c6ccccc6n(-c6ccccc6)c5cc34)n2)cc1. The maximum absolute atomic E-state index is 5.45. The van der Waals surface area contributed by atoms with Gasteiger partial charge in [-0.3, -0.25) is 4.98 Å². The molecule has 0 aliphatic carbocycles. The molecule has 0 bridgehead atoms. The number of para-hydroxylation sites is 2. The second kappa shape index (κ2) is 16.5. The van der Waals surface area contributed by atoms with Crippen molar-refractivity contribution in [3.63, 3.8) is 0 Å². The molecule has 4 aromatic heterocycles. The van der Waals surface area contributed by atoms with Crippen molar-refractivity contribution in [3.05, 3.63) is 237 Å². The van der Waals surface area contributed by atoms with Gasteiger partial charge in [0.05, 0.1) is 16.7 Å². The zero-order chi connectivity index (χ0) is 45.0. The molecule has 0 radical (unpaired) electrons. The Hall–Kier alpha value is -8.84. The van der Waals surface area contributed by atoms with E-state index in [1.807, 2.05) is 53.9 Å². The van der Waals surface area contributed by atoms with Crippen molar-refractivity contribution in [1.82, 2.24) is 24.5 Å². The molecular weight excluding hydrogens is 847 g/mol. The largest absolute Gasteiger partial charge is 0.309 e. The van der Waals surface area contributed by atoms with E-state index in [1.54, 1.807) is 0 Å². The van der Waals surface area contributed by atoms with Gasteiger partial charge in [-0.1, -0.05) is 188 Å². The summed E-state index contributed by atoms with van der Waals surface area (Å²) >= 11 is 1.81. The van der Waals surface area contributed by atoms with Crippen LogP contribution in [0, 0.1) is 0 Å².